The molecule has 1 aliphatic heterocycles. The van der Waals surface area contributed by atoms with Gasteiger partial charge in [-0.05, 0) is 87.8 Å². The van der Waals surface area contributed by atoms with Gasteiger partial charge in [0, 0.05) is 30.8 Å². The Morgan fingerprint density at radius 1 is 0.481 bits per heavy atom. The van der Waals surface area contributed by atoms with Crippen molar-refractivity contribution in [3.8, 4) is 0 Å². The van der Waals surface area contributed by atoms with Gasteiger partial charge in [-0.15, -0.1) is 0 Å². The molecule has 1 fully saturated rings. The third kappa shape index (κ3) is 6.30. The molecule has 52 heavy (non-hydrogen) atoms. The van der Waals surface area contributed by atoms with Crippen molar-refractivity contribution in [1.82, 2.24) is 4.90 Å². The second-order valence-electron chi connectivity index (χ2n) is 13.9. The Morgan fingerprint density at radius 2 is 0.904 bits per heavy atom. The maximum absolute atomic E-state index is 14.4. The van der Waals surface area contributed by atoms with Crippen LogP contribution in [0.4, 0.5) is 0 Å². The fourth-order valence-electron chi connectivity index (χ4n) is 8.50. The molecule has 0 spiro atoms. The second-order valence-corrected chi connectivity index (χ2v) is 18.8. The Morgan fingerprint density at radius 3 is 1.38 bits per heavy atom. The molecule has 1 heterocycles. The monoisotopic (exact) mass is 709 g/mol. The topological polar surface area (TPSA) is 20.3 Å². The number of carbonyl (C=O) groups excluding carboxylic acids is 1. The molecule has 2 nitrogen and oxygen atoms in total. The van der Waals surface area contributed by atoms with Crippen molar-refractivity contribution in [3.63, 3.8) is 0 Å². The zero-order chi connectivity index (χ0) is 34.9. The Labute approximate surface area is 309 Å². The van der Waals surface area contributed by atoms with E-state index in [1.807, 2.05) is 0 Å². The van der Waals surface area contributed by atoms with Gasteiger partial charge in [0.25, 0.3) is 0 Å². The van der Waals surface area contributed by atoms with Crippen LogP contribution in [0.3, 0.4) is 0 Å². The Kier molecular flexibility index (Phi) is 9.29. The molecule has 1 aliphatic rings. The minimum atomic E-state index is -0.723. The first-order chi connectivity index (χ1) is 25.7. The van der Waals surface area contributed by atoms with Crippen molar-refractivity contribution in [3.05, 3.63) is 181 Å². The third-order valence-electron chi connectivity index (χ3n) is 10.9. The summed E-state index contributed by atoms with van der Waals surface area (Å²) in [5.41, 5.74) is 1.99. The maximum Gasteiger partial charge on any atom is 0.222 e. The smallest absolute Gasteiger partial charge is 0.222 e. The second kappa shape index (κ2) is 14.6. The van der Waals surface area contributed by atoms with Crippen LogP contribution in [0.25, 0.3) is 32.3 Å². The molecule has 0 radical (unpaired) electrons. The van der Waals surface area contributed by atoms with Gasteiger partial charge in [-0.1, -0.05) is 176 Å². The quantitative estimate of drug-likeness (QED) is 0.102. The summed E-state index contributed by atoms with van der Waals surface area (Å²) in [6, 6.07) is 64.5. The molecule has 0 aliphatic carbocycles. The average molecular weight is 710 g/mol. The van der Waals surface area contributed by atoms with E-state index >= 15 is 0 Å². The number of nitrogens with zero attached hydrogens (tertiary/aromatic N) is 1. The molecule has 1 amide bonds. The minimum absolute atomic E-state index is 0.289. The van der Waals surface area contributed by atoms with Crippen LogP contribution >= 0.6 is 15.8 Å². The highest BCUT2D eigenvalue weighted by Crippen LogP contribution is 2.54. The van der Waals surface area contributed by atoms with Gasteiger partial charge in [-0.25, -0.2) is 0 Å². The van der Waals surface area contributed by atoms with E-state index < -0.39 is 15.8 Å². The fourth-order valence-corrected chi connectivity index (χ4v) is 15.0. The molecule has 0 unspecified atom stereocenters. The molecule has 9 rings (SSSR count). The summed E-state index contributed by atoms with van der Waals surface area (Å²) in [5, 5.41) is 13.4. The lowest BCUT2D eigenvalue weighted by Gasteiger charge is -2.34. The molecule has 8 aromatic rings. The standard InChI is InChI=1S/C48H41NOP2/c50-46(26-14-15-35-27-28-38-30-29-36-16-13-17-37-31-32-43(35)48(38)47(36)37)49-33-44(51(39-18-5-1-6-19-39)40-20-7-2-8-21-40)45(34-49)52(41-22-9-3-10-23-41)42-24-11-4-12-25-42/h1-13,16-25,27-32,44-45H,14-15,26,33-34H2/t44-,45-/m1/s1. The van der Waals surface area contributed by atoms with Gasteiger partial charge in [0.15, 0.2) is 0 Å². The molecule has 2 atom stereocenters. The van der Waals surface area contributed by atoms with Gasteiger partial charge >= 0.3 is 0 Å². The summed E-state index contributed by atoms with van der Waals surface area (Å²) in [6.45, 7) is 1.58. The molecule has 1 saturated heterocycles. The number of hydrogen-bond acceptors (Lipinski definition) is 1. The molecule has 0 saturated carbocycles. The zero-order valence-corrected chi connectivity index (χ0v) is 31.0. The van der Waals surface area contributed by atoms with Gasteiger partial charge < -0.3 is 4.90 Å². The lowest BCUT2D eigenvalue weighted by Crippen LogP contribution is -2.34. The lowest BCUT2D eigenvalue weighted by molar-refractivity contribution is -0.130. The number of hydrogen-bond donors (Lipinski definition) is 0. The van der Waals surface area contributed by atoms with Gasteiger partial charge in [-0.2, -0.15) is 0 Å². The summed E-state index contributed by atoms with van der Waals surface area (Å²) in [6.07, 6.45) is 2.29. The summed E-state index contributed by atoms with van der Waals surface area (Å²) in [5.74, 6) is 0.289. The van der Waals surface area contributed by atoms with E-state index in [1.165, 1.54) is 59.1 Å². The van der Waals surface area contributed by atoms with Crippen molar-refractivity contribution in [2.24, 2.45) is 0 Å². The molecular formula is C48H41NOP2. The van der Waals surface area contributed by atoms with Gasteiger partial charge in [0.2, 0.25) is 5.91 Å². The normalized spacial score (nSPS) is 16.2. The van der Waals surface area contributed by atoms with Crippen LogP contribution in [0.5, 0.6) is 0 Å². The van der Waals surface area contributed by atoms with Crippen LogP contribution in [0, 0.1) is 0 Å². The maximum atomic E-state index is 14.4. The summed E-state index contributed by atoms with van der Waals surface area (Å²) < 4.78 is 0. The average Bonchev–Trinajstić information content (AvgIpc) is 3.63. The number of rotatable bonds is 10. The van der Waals surface area contributed by atoms with Gasteiger partial charge in [0.1, 0.15) is 0 Å². The highest BCUT2D eigenvalue weighted by Gasteiger charge is 2.45. The van der Waals surface area contributed by atoms with Crippen molar-refractivity contribution < 1.29 is 4.79 Å². The predicted molar refractivity (Wildman–Crippen MR) is 225 cm³/mol. The van der Waals surface area contributed by atoms with Crippen molar-refractivity contribution in [1.29, 1.82) is 0 Å². The third-order valence-corrected chi connectivity index (χ3v) is 16.9. The lowest BCUT2D eigenvalue weighted by atomic mass is 9.90. The molecule has 4 heteroatoms. The molecule has 8 aromatic carbocycles. The van der Waals surface area contributed by atoms with Crippen molar-refractivity contribution >= 4 is 75.3 Å². The number of carbonyl (C=O) groups is 1. The first-order valence-corrected chi connectivity index (χ1v) is 21.3. The van der Waals surface area contributed by atoms with Crippen LogP contribution in [-0.4, -0.2) is 35.2 Å². The SMILES string of the molecule is O=C(CCCc1ccc2ccc3cccc4ccc1c2c34)N1C[C@@H](P(c2ccccc2)c2ccccc2)[C@H](P(c2ccccc2)c2ccccc2)C1. The molecular weight excluding hydrogens is 668 g/mol. The van der Waals surface area contributed by atoms with Crippen molar-refractivity contribution in [2.75, 3.05) is 13.1 Å². The van der Waals surface area contributed by atoms with Crippen LogP contribution in [0.2, 0.25) is 0 Å². The number of likely N-dealkylation sites (tertiary alicyclic amines) is 1. The number of aryl methyl sites for hydroxylation is 1. The molecule has 0 aromatic heterocycles. The number of amides is 1. The van der Waals surface area contributed by atoms with Crippen LogP contribution in [0.1, 0.15) is 18.4 Å². The summed E-state index contributed by atoms with van der Waals surface area (Å²) in [7, 11) is -1.45. The highest BCUT2D eigenvalue weighted by atomic mass is 31.1. The Balaban J connectivity index is 1.04. The van der Waals surface area contributed by atoms with Crippen LogP contribution in [0.15, 0.2) is 176 Å². The molecule has 254 valence electrons. The van der Waals surface area contributed by atoms with E-state index in [2.05, 4.69) is 181 Å². The van der Waals surface area contributed by atoms with E-state index in [9.17, 15) is 4.79 Å². The molecule has 0 bridgehead atoms. The van der Waals surface area contributed by atoms with Gasteiger partial charge in [-0.3, -0.25) is 4.79 Å². The van der Waals surface area contributed by atoms with Crippen LogP contribution in [-0.2, 0) is 11.2 Å². The largest absolute Gasteiger partial charge is 0.341 e. The minimum Gasteiger partial charge on any atom is -0.341 e. The Bertz CT molecular complexity index is 2250. The van der Waals surface area contributed by atoms with E-state index in [-0.39, 0.29) is 5.91 Å². The van der Waals surface area contributed by atoms with E-state index in [1.54, 1.807) is 0 Å². The summed E-state index contributed by atoms with van der Waals surface area (Å²) in [4.78, 5) is 16.6. The van der Waals surface area contributed by atoms with E-state index in [0.29, 0.717) is 17.7 Å². The number of benzene rings is 8. The molecule has 0 N–H and O–H groups in total. The van der Waals surface area contributed by atoms with Crippen LogP contribution < -0.4 is 21.2 Å². The first-order valence-electron chi connectivity index (χ1n) is 18.4. The van der Waals surface area contributed by atoms with Crippen molar-refractivity contribution in [2.45, 2.75) is 30.6 Å². The highest BCUT2D eigenvalue weighted by molar-refractivity contribution is 7.77. The fraction of sp³-hybridized carbons (Fsp3) is 0.146. The zero-order valence-electron chi connectivity index (χ0n) is 29.2. The van der Waals surface area contributed by atoms with E-state index in [0.717, 1.165) is 25.9 Å². The predicted octanol–water partition coefficient (Wildman–Crippen LogP) is 9.75. The van der Waals surface area contributed by atoms with Gasteiger partial charge in [0.05, 0.1) is 0 Å². The summed E-state index contributed by atoms with van der Waals surface area (Å²) >= 11 is 0. The van der Waals surface area contributed by atoms with E-state index in [4.69, 9.17) is 0 Å². The first kappa shape index (κ1) is 33.0. The Hall–Kier alpha value is -4.87.